The molecule has 1 aromatic carbocycles. The maximum absolute atomic E-state index is 14.7. The highest BCUT2D eigenvalue weighted by Crippen LogP contribution is 2.43. The molecule has 1 spiro atoms. The largest absolute Gasteiger partial charge is 0.465 e. The number of carbonyl (C=O) groups is 1. The molecule has 14 heteroatoms. The molecular formula is C30H35ClF3N7O3. The second-order valence-electron chi connectivity index (χ2n) is 11.4. The van der Waals surface area contributed by atoms with Crippen LogP contribution in [0.1, 0.15) is 37.9 Å². The second kappa shape index (κ2) is 12.6. The van der Waals surface area contributed by atoms with E-state index < -0.39 is 12.3 Å². The van der Waals surface area contributed by atoms with Gasteiger partial charge in [-0.15, -0.1) is 0 Å². The van der Waals surface area contributed by atoms with Crippen molar-refractivity contribution in [2.75, 3.05) is 55.9 Å². The number of hydrogen-bond donors (Lipinski definition) is 2. The quantitative estimate of drug-likeness (QED) is 0.327. The lowest BCUT2D eigenvalue weighted by Gasteiger charge is -2.39. The lowest BCUT2D eigenvalue weighted by Crippen LogP contribution is -2.41. The van der Waals surface area contributed by atoms with Crippen LogP contribution in [0.15, 0.2) is 42.6 Å². The summed E-state index contributed by atoms with van der Waals surface area (Å²) in [6.07, 6.45) is -3.46. The fourth-order valence-electron chi connectivity index (χ4n) is 5.84. The Balaban J connectivity index is 1.39. The molecular weight excluding hydrogens is 599 g/mol. The molecule has 0 bridgehead atoms. The molecule has 5 rings (SSSR count). The summed E-state index contributed by atoms with van der Waals surface area (Å²) in [4.78, 5) is 28.5. The van der Waals surface area contributed by atoms with Gasteiger partial charge in [0.05, 0.1) is 6.61 Å². The number of esters is 1. The Hall–Kier alpha value is -3.84. The van der Waals surface area contributed by atoms with Gasteiger partial charge in [-0.3, -0.25) is 4.79 Å². The van der Waals surface area contributed by atoms with Crippen LogP contribution in [0.3, 0.4) is 0 Å². The van der Waals surface area contributed by atoms with Crippen LogP contribution >= 0.6 is 11.6 Å². The minimum atomic E-state index is -4.80. The van der Waals surface area contributed by atoms with E-state index in [2.05, 4.69) is 20.3 Å². The number of alkyl halides is 3. The Morgan fingerprint density at radius 3 is 2.64 bits per heavy atom. The number of carbonyl (C=O) groups excluding carboxylic acids is 1. The van der Waals surface area contributed by atoms with Crippen LogP contribution in [0.25, 0.3) is 11.1 Å². The normalized spacial score (nSPS) is 18.7. The van der Waals surface area contributed by atoms with E-state index in [0.29, 0.717) is 49.9 Å². The number of anilines is 3. The SMILES string of the molecule is CCOC(=O)[C@@H]1CC2(CCN(c3cc(O[C@H](c4ccc(Cl)cc4-c4ccnc(N(C)C)c4)C(F)(F)F)nc(N)n3)CC2)CN1. The van der Waals surface area contributed by atoms with E-state index in [0.717, 1.165) is 12.8 Å². The Morgan fingerprint density at radius 2 is 1.95 bits per heavy atom. The molecule has 3 aromatic rings. The lowest BCUT2D eigenvalue weighted by molar-refractivity contribution is -0.198. The highest BCUT2D eigenvalue weighted by molar-refractivity contribution is 6.30. The molecule has 236 valence electrons. The maximum Gasteiger partial charge on any atom is 0.429 e. The van der Waals surface area contributed by atoms with Crippen molar-refractivity contribution < 1.29 is 27.4 Å². The monoisotopic (exact) mass is 633 g/mol. The summed E-state index contributed by atoms with van der Waals surface area (Å²) in [5.41, 5.74) is 6.51. The standard InChI is InChI=1S/C30H35ClF3N7O3/c1-4-43-27(42)22-16-29(17-37-22)8-11-41(12-9-29)24-15-25(39-28(35)38-24)44-26(30(32,33)34)20-6-5-19(31)14-21(20)18-7-10-36-23(13-18)40(2)3/h5-7,10,13-15,22,26,37H,4,8-9,11-12,16-17H2,1-3H3,(H2,35,38,39)/t22-,26+/m0/s1. The number of aromatic nitrogens is 3. The highest BCUT2D eigenvalue weighted by Gasteiger charge is 2.46. The van der Waals surface area contributed by atoms with E-state index in [9.17, 15) is 18.0 Å². The molecule has 0 aliphatic carbocycles. The predicted octanol–water partition coefficient (Wildman–Crippen LogP) is 5.03. The Morgan fingerprint density at radius 1 is 1.20 bits per heavy atom. The molecule has 2 aromatic heterocycles. The third kappa shape index (κ3) is 6.94. The third-order valence-electron chi connectivity index (χ3n) is 8.13. The van der Waals surface area contributed by atoms with Crippen LogP contribution in [0, 0.1) is 5.41 Å². The molecule has 0 amide bonds. The van der Waals surface area contributed by atoms with E-state index in [-0.39, 0.29) is 45.4 Å². The van der Waals surface area contributed by atoms with Crippen molar-refractivity contribution in [1.82, 2.24) is 20.3 Å². The molecule has 2 atom stereocenters. The first kappa shape index (κ1) is 31.6. The lowest BCUT2D eigenvalue weighted by atomic mass is 9.76. The zero-order chi connectivity index (χ0) is 31.6. The molecule has 2 saturated heterocycles. The number of benzene rings is 1. The summed E-state index contributed by atoms with van der Waals surface area (Å²) in [5, 5.41) is 3.55. The number of ether oxygens (including phenoxy) is 2. The summed E-state index contributed by atoms with van der Waals surface area (Å²) in [6, 6.07) is 8.52. The third-order valence-corrected chi connectivity index (χ3v) is 8.37. The van der Waals surface area contributed by atoms with Crippen molar-refractivity contribution in [1.29, 1.82) is 0 Å². The zero-order valence-electron chi connectivity index (χ0n) is 24.7. The molecule has 4 heterocycles. The van der Waals surface area contributed by atoms with Gasteiger partial charge in [0.2, 0.25) is 17.9 Å². The summed E-state index contributed by atoms with van der Waals surface area (Å²) >= 11 is 6.24. The van der Waals surface area contributed by atoms with E-state index >= 15 is 0 Å². The summed E-state index contributed by atoms with van der Waals surface area (Å²) in [5.74, 6) is 0.188. The molecule has 0 radical (unpaired) electrons. The molecule has 0 saturated carbocycles. The molecule has 3 N–H and O–H groups in total. The van der Waals surface area contributed by atoms with Gasteiger partial charge in [-0.25, -0.2) is 4.98 Å². The first-order chi connectivity index (χ1) is 20.9. The summed E-state index contributed by atoms with van der Waals surface area (Å²) < 4.78 is 54.7. The molecule has 10 nitrogen and oxygen atoms in total. The number of pyridine rings is 1. The molecule has 0 unspecified atom stereocenters. The van der Waals surface area contributed by atoms with Gasteiger partial charge in [0, 0.05) is 56.6 Å². The van der Waals surface area contributed by atoms with Crippen molar-refractivity contribution in [2.24, 2.45) is 5.41 Å². The number of nitrogens with two attached hydrogens (primary N) is 1. The Labute approximate surface area is 258 Å². The molecule has 44 heavy (non-hydrogen) atoms. The second-order valence-corrected chi connectivity index (χ2v) is 11.8. The number of nitrogen functional groups attached to an aromatic ring is 1. The van der Waals surface area contributed by atoms with Gasteiger partial charge in [0.15, 0.2) is 0 Å². The average Bonchev–Trinajstić information content (AvgIpc) is 3.39. The first-order valence-electron chi connectivity index (χ1n) is 14.3. The van der Waals surface area contributed by atoms with Crippen LogP contribution in [-0.2, 0) is 9.53 Å². The van der Waals surface area contributed by atoms with Gasteiger partial charge < -0.3 is 30.3 Å². The van der Waals surface area contributed by atoms with Crippen molar-refractivity contribution in [3.8, 4) is 17.0 Å². The number of nitrogens with zero attached hydrogens (tertiary/aromatic N) is 5. The fourth-order valence-corrected chi connectivity index (χ4v) is 6.01. The van der Waals surface area contributed by atoms with Gasteiger partial charge in [-0.2, -0.15) is 23.1 Å². The zero-order valence-corrected chi connectivity index (χ0v) is 25.5. The van der Waals surface area contributed by atoms with E-state index in [1.807, 2.05) is 4.90 Å². The predicted molar refractivity (Wildman–Crippen MR) is 162 cm³/mol. The van der Waals surface area contributed by atoms with Gasteiger partial charge in [-0.05, 0) is 67.0 Å². The van der Waals surface area contributed by atoms with Crippen LogP contribution in [0.2, 0.25) is 5.02 Å². The Bertz CT molecular complexity index is 1500. The summed E-state index contributed by atoms with van der Waals surface area (Å²) in [6.45, 7) is 3.95. The van der Waals surface area contributed by atoms with Crippen molar-refractivity contribution in [3.05, 3.63) is 53.2 Å². The number of rotatable bonds is 8. The number of nitrogens with one attached hydrogen (secondary N) is 1. The van der Waals surface area contributed by atoms with Crippen molar-refractivity contribution in [2.45, 2.75) is 44.5 Å². The van der Waals surface area contributed by atoms with Crippen LogP contribution in [0.5, 0.6) is 5.88 Å². The van der Waals surface area contributed by atoms with Gasteiger partial charge in [0.1, 0.15) is 17.7 Å². The number of hydrogen-bond acceptors (Lipinski definition) is 10. The topological polar surface area (TPSA) is 119 Å². The van der Waals surface area contributed by atoms with Crippen LogP contribution in [0.4, 0.5) is 30.8 Å². The maximum atomic E-state index is 14.7. The van der Waals surface area contributed by atoms with Gasteiger partial charge in [0.25, 0.3) is 0 Å². The highest BCUT2D eigenvalue weighted by atomic mass is 35.5. The van der Waals surface area contributed by atoms with E-state index in [4.69, 9.17) is 26.8 Å². The summed E-state index contributed by atoms with van der Waals surface area (Å²) in [7, 11) is 3.58. The number of piperidine rings is 1. The van der Waals surface area contributed by atoms with E-state index in [1.54, 1.807) is 38.1 Å². The van der Waals surface area contributed by atoms with Crippen molar-refractivity contribution in [3.63, 3.8) is 0 Å². The molecule has 2 fully saturated rings. The van der Waals surface area contributed by atoms with Gasteiger partial charge >= 0.3 is 12.1 Å². The minimum absolute atomic E-state index is 0.0718. The smallest absolute Gasteiger partial charge is 0.429 e. The Kier molecular flexibility index (Phi) is 9.07. The molecule has 2 aliphatic heterocycles. The molecule has 2 aliphatic rings. The minimum Gasteiger partial charge on any atom is -0.465 e. The van der Waals surface area contributed by atoms with E-state index in [1.165, 1.54) is 30.5 Å². The van der Waals surface area contributed by atoms with Crippen LogP contribution < -0.4 is 25.6 Å². The average molecular weight is 634 g/mol. The first-order valence-corrected chi connectivity index (χ1v) is 14.7. The number of halogens is 4. The fraction of sp³-hybridized carbons (Fsp3) is 0.467. The van der Waals surface area contributed by atoms with Gasteiger partial charge in [-0.1, -0.05) is 17.7 Å². The van der Waals surface area contributed by atoms with Crippen molar-refractivity contribution >= 4 is 35.2 Å². The van der Waals surface area contributed by atoms with Crippen LogP contribution in [-0.4, -0.2) is 73.5 Å².